The Hall–Kier alpha value is -2.08. The van der Waals surface area contributed by atoms with Gasteiger partial charge in [-0.3, -0.25) is 0 Å². The van der Waals surface area contributed by atoms with Crippen LogP contribution in [0.1, 0.15) is 41.2 Å². The van der Waals surface area contributed by atoms with E-state index in [9.17, 15) is 0 Å². The number of aryl methyl sites for hydroxylation is 1. The summed E-state index contributed by atoms with van der Waals surface area (Å²) in [6.45, 7) is 2.27. The Morgan fingerprint density at radius 3 is 2.19 bits per heavy atom. The Morgan fingerprint density at radius 1 is 0.762 bits per heavy atom. The summed E-state index contributed by atoms with van der Waals surface area (Å²) in [6, 6.07) is 20.3. The van der Waals surface area contributed by atoms with Gasteiger partial charge in [0, 0.05) is 0 Å². The highest BCUT2D eigenvalue weighted by Gasteiger charge is 2.18. The number of rotatable bonds is 2. The Balaban J connectivity index is 1.95. The van der Waals surface area contributed by atoms with E-state index in [1.807, 2.05) is 0 Å². The third-order valence-electron chi connectivity index (χ3n) is 4.72. The molecule has 0 bridgehead atoms. The van der Waals surface area contributed by atoms with Gasteiger partial charge in [0.1, 0.15) is 0 Å². The van der Waals surface area contributed by atoms with Crippen LogP contribution in [0, 0.1) is 0 Å². The predicted octanol–water partition coefficient (Wildman–Crippen LogP) is 5.29. The monoisotopic (exact) mass is 272 g/mol. The molecule has 0 nitrogen and oxygen atoms in total. The van der Waals surface area contributed by atoms with Gasteiger partial charge in [-0.05, 0) is 57.9 Å². The molecule has 3 aromatic carbocycles. The molecule has 104 valence electrons. The highest BCUT2D eigenvalue weighted by molar-refractivity contribution is 5.90. The van der Waals surface area contributed by atoms with Crippen LogP contribution in [0.4, 0.5) is 0 Å². The molecule has 21 heavy (non-hydrogen) atoms. The molecule has 0 radical (unpaired) electrons. The van der Waals surface area contributed by atoms with Crippen molar-refractivity contribution >= 4 is 10.8 Å². The molecule has 0 spiro atoms. The van der Waals surface area contributed by atoms with Crippen LogP contribution in [0.2, 0.25) is 0 Å². The maximum Gasteiger partial charge on any atom is -0.00139 e. The maximum absolute atomic E-state index is 2.47. The molecule has 0 saturated heterocycles. The van der Waals surface area contributed by atoms with Crippen molar-refractivity contribution in [1.29, 1.82) is 0 Å². The largest absolute Gasteiger partial charge is 0.0651 e. The lowest BCUT2D eigenvalue weighted by molar-refractivity contribution is 0.920. The van der Waals surface area contributed by atoms with E-state index in [1.165, 1.54) is 45.9 Å². The molecule has 4 rings (SSSR count). The molecule has 0 heteroatoms. The minimum absolute atomic E-state index is 1.08. The lowest BCUT2D eigenvalue weighted by atomic mass is 9.81. The zero-order valence-corrected chi connectivity index (χ0v) is 12.5. The average Bonchev–Trinajstić information content (AvgIpc) is 2.54. The van der Waals surface area contributed by atoms with Gasteiger partial charge in [0.05, 0.1) is 0 Å². The van der Waals surface area contributed by atoms with Crippen molar-refractivity contribution in [2.45, 2.75) is 32.6 Å². The molecule has 0 amide bonds. The summed E-state index contributed by atoms with van der Waals surface area (Å²) in [5, 5.41) is 2.92. The Morgan fingerprint density at radius 2 is 1.43 bits per heavy atom. The van der Waals surface area contributed by atoms with Gasteiger partial charge in [0.25, 0.3) is 0 Å². The quantitative estimate of drug-likeness (QED) is 0.465. The highest BCUT2D eigenvalue weighted by Crippen LogP contribution is 2.34. The lowest BCUT2D eigenvalue weighted by Gasteiger charge is -2.23. The second-order valence-electron chi connectivity index (χ2n) is 6.09. The van der Waals surface area contributed by atoms with Crippen LogP contribution in [0.5, 0.6) is 0 Å². The van der Waals surface area contributed by atoms with E-state index >= 15 is 0 Å². The number of hydrogen-bond acceptors (Lipinski definition) is 0. The van der Waals surface area contributed by atoms with Crippen molar-refractivity contribution in [1.82, 2.24) is 0 Å². The normalized spacial score (nSPS) is 13.0. The SMILES string of the molecule is CCCc1cc2c(c3ccccc13)Cc1ccccc1C2. The van der Waals surface area contributed by atoms with Gasteiger partial charge in [-0.15, -0.1) is 0 Å². The minimum atomic E-state index is 1.08. The zero-order chi connectivity index (χ0) is 14.2. The zero-order valence-electron chi connectivity index (χ0n) is 12.5. The third-order valence-corrected chi connectivity index (χ3v) is 4.72. The fourth-order valence-electron chi connectivity index (χ4n) is 3.72. The molecular formula is C21H20. The molecule has 0 saturated carbocycles. The van der Waals surface area contributed by atoms with Crippen LogP contribution in [-0.2, 0) is 19.3 Å². The first-order valence-corrected chi connectivity index (χ1v) is 7.96. The first-order valence-electron chi connectivity index (χ1n) is 7.96. The summed E-state index contributed by atoms with van der Waals surface area (Å²) in [5.74, 6) is 0. The van der Waals surface area contributed by atoms with Gasteiger partial charge in [-0.1, -0.05) is 67.9 Å². The smallest absolute Gasteiger partial charge is 0.00139 e. The van der Waals surface area contributed by atoms with Crippen LogP contribution < -0.4 is 0 Å². The summed E-state index contributed by atoms with van der Waals surface area (Å²) in [5.41, 5.74) is 7.60. The van der Waals surface area contributed by atoms with E-state index in [2.05, 4.69) is 61.5 Å². The summed E-state index contributed by atoms with van der Waals surface area (Å²) in [7, 11) is 0. The molecule has 3 aromatic rings. The van der Waals surface area contributed by atoms with Crippen molar-refractivity contribution in [3.05, 3.63) is 82.4 Å². The van der Waals surface area contributed by atoms with Crippen molar-refractivity contribution in [2.75, 3.05) is 0 Å². The first kappa shape index (κ1) is 12.6. The standard InChI is InChI=1S/C21H20/c1-2-7-17-13-18-12-15-8-3-4-9-16(15)14-21(18)20-11-6-5-10-19(17)20/h3-6,8-11,13H,2,7,12,14H2,1H3. The highest BCUT2D eigenvalue weighted by atomic mass is 14.2. The van der Waals surface area contributed by atoms with E-state index in [4.69, 9.17) is 0 Å². The van der Waals surface area contributed by atoms with Gasteiger partial charge in [0.2, 0.25) is 0 Å². The molecule has 0 N–H and O–H groups in total. The molecule has 0 unspecified atom stereocenters. The van der Waals surface area contributed by atoms with Gasteiger partial charge >= 0.3 is 0 Å². The Bertz CT molecular complexity index is 811. The fourth-order valence-corrected chi connectivity index (χ4v) is 3.72. The second-order valence-corrected chi connectivity index (χ2v) is 6.09. The van der Waals surface area contributed by atoms with Gasteiger partial charge in [-0.25, -0.2) is 0 Å². The molecule has 0 heterocycles. The summed E-state index contributed by atoms with van der Waals surface area (Å²) in [4.78, 5) is 0. The van der Waals surface area contributed by atoms with Gasteiger partial charge in [0.15, 0.2) is 0 Å². The number of fused-ring (bicyclic) bond motifs is 4. The van der Waals surface area contributed by atoms with Crippen molar-refractivity contribution < 1.29 is 0 Å². The molecule has 1 aliphatic rings. The van der Waals surface area contributed by atoms with E-state index in [0.29, 0.717) is 0 Å². The Labute approximate surface area is 126 Å². The lowest BCUT2D eigenvalue weighted by Crippen LogP contribution is -2.09. The van der Waals surface area contributed by atoms with Crippen molar-refractivity contribution in [2.24, 2.45) is 0 Å². The van der Waals surface area contributed by atoms with Crippen LogP contribution in [0.15, 0.2) is 54.6 Å². The number of hydrogen-bond donors (Lipinski definition) is 0. The molecule has 0 aromatic heterocycles. The van der Waals surface area contributed by atoms with E-state index in [0.717, 1.165) is 12.8 Å². The van der Waals surface area contributed by atoms with Crippen molar-refractivity contribution in [3.8, 4) is 0 Å². The molecule has 1 aliphatic carbocycles. The van der Waals surface area contributed by atoms with E-state index in [-0.39, 0.29) is 0 Å². The molecular weight excluding hydrogens is 252 g/mol. The minimum Gasteiger partial charge on any atom is -0.0651 e. The first-order chi connectivity index (χ1) is 10.4. The summed E-state index contributed by atoms with van der Waals surface area (Å²) < 4.78 is 0. The predicted molar refractivity (Wildman–Crippen MR) is 90.0 cm³/mol. The van der Waals surface area contributed by atoms with Crippen molar-refractivity contribution in [3.63, 3.8) is 0 Å². The average molecular weight is 272 g/mol. The van der Waals surface area contributed by atoms with Crippen LogP contribution in [-0.4, -0.2) is 0 Å². The van der Waals surface area contributed by atoms with Crippen LogP contribution >= 0.6 is 0 Å². The second kappa shape index (κ2) is 5.04. The topological polar surface area (TPSA) is 0 Å². The summed E-state index contributed by atoms with van der Waals surface area (Å²) in [6.07, 6.45) is 4.56. The molecule has 0 atom stereocenters. The number of benzene rings is 3. The molecule has 0 aliphatic heterocycles. The Kier molecular flexibility index (Phi) is 3.03. The molecule has 0 fully saturated rings. The maximum atomic E-state index is 2.47. The van der Waals surface area contributed by atoms with Gasteiger partial charge in [-0.2, -0.15) is 0 Å². The fraction of sp³-hybridized carbons (Fsp3) is 0.238. The van der Waals surface area contributed by atoms with Crippen LogP contribution in [0.3, 0.4) is 0 Å². The van der Waals surface area contributed by atoms with E-state index in [1.54, 1.807) is 5.56 Å². The third kappa shape index (κ3) is 2.06. The van der Waals surface area contributed by atoms with E-state index < -0.39 is 0 Å². The van der Waals surface area contributed by atoms with Gasteiger partial charge < -0.3 is 0 Å². The summed E-state index contributed by atoms with van der Waals surface area (Å²) >= 11 is 0. The van der Waals surface area contributed by atoms with Crippen LogP contribution in [0.25, 0.3) is 10.8 Å².